The average molecular weight is 251 g/mol. The maximum Gasteiger partial charge on any atom is 0.125 e. The van der Waals surface area contributed by atoms with E-state index in [9.17, 15) is 4.39 Å². The summed E-state index contributed by atoms with van der Waals surface area (Å²) in [4.78, 5) is 2.08. The van der Waals surface area contributed by atoms with Gasteiger partial charge in [0.2, 0.25) is 0 Å². The van der Waals surface area contributed by atoms with Crippen LogP contribution in [0.25, 0.3) is 0 Å². The fraction of sp³-hybridized carbons (Fsp3) is 0.462. The van der Waals surface area contributed by atoms with Gasteiger partial charge in [-0.25, -0.2) is 4.39 Å². The molecule has 1 aliphatic heterocycles. The summed E-state index contributed by atoms with van der Waals surface area (Å²) in [5.74, 6) is -0.495. The number of amidine groups is 1. The van der Waals surface area contributed by atoms with Crippen molar-refractivity contribution < 1.29 is 9.13 Å². The lowest BCUT2D eigenvalue weighted by Gasteiger charge is -2.40. The molecule has 0 unspecified atom stereocenters. The molecule has 1 aromatic carbocycles. The minimum Gasteiger partial charge on any atom is -0.384 e. The smallest absolute Gasteiger partial charge is 0.125 e. The molecule has 0 amide bonds. The number of nitrogens with zero attached hydrogens (tertiary/aromatic N) is 1. The number of rotatable bonds is 2. The van der Waals surface area contributed by atoms with E-state index >= 15 is 0 Å². The Morgan fingerprint density at radius 2 is 2.22 bits per heavy atom. The van der Waals surface area contributed by atoms with Crippen LogP contribution in [0.3, 0.4) is 0 Å². The molecule has 1 heterocycles. The first kappa shape index (κ1) is 12.8. The topological polar surface area (TPSA) is 62.3 Å². The Hall–Kier alpha value is -1.62. The summed E-state index contributed by atoms with van der Waals surface area (Å²) in [6, 6.07) is 4.37. The highest BCUT2D eigenvalue weighted by molar-refractivity contribution is 6.00. The number of hydrogen-bond acceptors (Lipinski definition) is 3. The Bertz CT molecular complexity index is 473. The zero-order valence-electron chi connectivity index (χ0n) is 10.7. The molecule has 1 saturated heterocycles. The Balaban J connectivity index is 2.35. The van der Waals surface area contributed by atoms with Crippen LogP contribution in [0.5, 0.6) is 0 Å². The van der Waals surface area contributed by atoms with Gasteiger partial charge in [-0.1, -0.05) is 0 Å². The molecule has 0 spiro atoms. The molecule has 18 heavy (non-hydrogen) atoms. The van der Waals surface area contributed by atoms with Crippen LogP contribution in [0.2, 0.25) is 0 Å². The molecule has 5 heteroatoms. The third-order valence-electron chi connectivity index (χ3n) is 3.02. The fourth-order valence-corrected chi connectivity index (χ4v) is 2.22. The molecule has 1 aromatic rings. The molecular formula is C13H18FN3O. The second-order valence-electron chi connectivity index (χ2n) is 5.10. The minimum absolute atomic E-state index is 0.117. The van der Waals surface area contributed by atoms with Crippen LogP contribution < -0.4 is 10.6 Å². The van der Waals surface area contributed by atoms with E-state index in [-0.39, 0.29) is 17.3 Å². The van der Waals surface area contributed by atoms with E-state index in [1.807, 2.05) is 13.8 Å². The minimum atomic E-state index is -0.378. The molecule has 0 saturated carbocycles. The molecule has 4 nitrogen and oxygen atoms in total. The first-order valence-corrected chi connectivity index (χ1v) is 5.92. The van der Waals surface area contributed by atoms with Gasteiger partial charge < -0.3 is 15.4 Å². The van der Waals surface area contributed by atoms with Gasteiger partial charge in [0.1, 0.15) is 11.7 Å². The number of benzene rings is 1. The first-order valence-electron chi connectivity index (χ1n) is 5.92. The van der Waals surface area contributed by atoms with Crippen LogP contribution >= 0.6 is 0 Å². The molecule has 2 rings (SSSR count). The summed E-state index contributed by atoms with van der Waals surface area (Å²) in [5, 5.41) is 7.54. The summed E-state index contributed by atoms with van der Waals surface area (Å²) in [7, 11) is 0. The van der Waals surface area contributed by atoms with Gasteiger partial charge in [0, 0.05) is 24.3 Å². The molecule has 0 bridgehead atoms. The lowest BCUT2D eigenvalue weighted by atomic mass is 10.0. The van der Waals surface area contributed by atoms with E-state index in [0.717, 1.165) is 12.2 Å². The van der Waals surface area contributed by atoms with Gasteiger partial charge in [0.15, 0.2) is 0 Å². The van der Waals surface area contributed by atoms with Crippen molar-refractivity contribution in [3.05, 3.63) is 29.6 Å². The fourth-order valence-electron chi connectivity index (χ4n) is 2.22. The Kier molecular flexibility index (Phi) is 3.26. The van der Waals surface area contributed by atoms with Gasteiger partial charge in [-0.3, -0.25) is 5.41 Å². The highest BCUT2D eigenvalue weighted by atomic mass is 19.1. The maximum atomic E-state index is 13.2. The Morgan fingerprint density at radius 3 is 2.83 bits per heavy atom. The van der Waals surface area contributed by atoms with Gasteiger partial charge >= 0.3 is 0 Å². The second-order valence-corrected chi connectivity index (χ2v) is 5.10. The van der Waals surface area contributed by atoms with Crippen LogP contribution in [0, 0.1) is 11.2 Å². The van der Waals surface area contributed by atoms with Crippen LogP contribution in [0.1, 0.15) is 19.4 Å². The lowest BCUT2D eigenvalue weighted by Crippen LogP contribution is -2.48. The van der Waals surface area contributed by atoms with E-state index in [1.165, 1.54) is 12.1 Å². The molecule has 98 valence electrons. The summed E-state index contributed by atoms with van der Waals surface area (Å²) >= 11 is 0. The van der Waals surface area contributed by atoms with Crippen molar-refractivity contribution in [1.82, 2.24) is 0 Å². The molecule has 3 N–H and O–H groups in total. The highest BCUT2D eigenvalue weighted by Gasteiger charge is 2.28. The number of nitrogens with one attached hydrogen (secondary N) is 1. The number of hydrogen-bond donors (Lipinski definition) is 2. The average Bonchev–Trinajstić information content (AvgIpc) is 2.27. The zero-order valence-corrected chi connectivity index (χ0v) is 10.7. The maximum absolute atomic E-state index is 13.2. The van der Waals surface area contributed by atoms with Gasteiger partial charge in [-0.2, -0.15) is 0 Å². The molecular weight excluding hydrogens is 233 g/mol. The van der Waals surface area contributed by atoms with Gasteiger partial charge in [0.25, 0.3) is 0 Å². The van der Waals surface area contributed by atoms with Crippen molar-refractivity contribution in [3.8, 4) is 0 Å². The van der Waals surface area contributed by atoms with Crippen molar-refractivity contribution >= 4 is 11.5 Å². The number of ether oxygens (including phenoxy) is 1. The third-order valence-corrected chi connectivity index (χ3v) is 3.02. The van der Waals surface area contributed by atoms with Gasteiger partial charge in [-0.05, 0) is 32.0 Å². The second kappa shape index (κ2) is 4.57. The molecule has 1 fully saturated rings. The molecule has 0 aromatic heterocycles. The first-order chi connectivity index (χ1) is 8.39. The van der Waals surface area contributed by atoms with E-state index in [1.54, 1.807) is 6.07 Å². The van der Waals surface area contributed by atoms with Gasteiger partial charge in [-0.15, -0.1) is 0 Å². The summed E-state index contributed by atoms with van der Waals surface area (Å²) in [6.45, 7) is 6.04. The molecule has 0 radical (unpaired) electrons. The van der Waals surface area contributed by atoms with E-state index < -0.39 is 0 Å². The van der Waals surface area contributed by atoms with Crippen molar-refractivity contribution in [3.63, 3.8) is 0 Å². The van der Waals surface area contributed by atoms with Gasteiger partial charge in [0.05, 0.1) is 12.2 Å². The van der Waals surface area contributed by atoms with Crippen molar-refractivity contribution in [2.75, 3.05) is 24.6 Å². The quantitative estimate of drug-likeness (QED) is 0.621. The molecule has 0 aliphatic carbocycles. The Morgan fingerprint density at radius 1 is 1.50 bits per heavy atom. The monoisotopic (exact) mass is 251 g/mol. The predicted octanol–water partition coefficient (Wildman–Crippen LogP) is 1.72. The summed E-state index contributed by atoms with van der Waals surface area (Å²) < 4.78 is 18.9. The summed E-state index contributed by atoms with van der Waals surface area (Å²) in [5.41, 5.74) is 6.50. The van der Waals surface area contributed by atoms with Crippen LogP contribution in [0.4, 0.5) is 10.1 Å². The summed E-state index contributed by atoms with van der Waals surface area (Å²) in [6.07, 6.45) is 0. The van der Waals surface area contributed by atoms with Crippen LogP contribution in [0.15, 0.2) is 18.2 Å². The Labute approximate surface area is 106 Å². The normalized spacial score (nSPS) is 18.7. The van der Waals surface area contributed by atoms with Crippen molar-refractivity contribution in [1.29, 1.82) is 5.41 Å². The third kappa shape index (κ3) is 2.61. The standard InChI is InChI=1S/C13H18FN3O/c1-13(2)8-17(5-6-18-13)11-4-3-9(14)7-10(11)12(15)16/h3-4,7H,5-6,8H2,1-2H3,(H3,15,16). The van der Waals surface area contributed by atoms with E-state index in [4.69, 9.17) is 15.9 Å². The zero-order chi connectivity index (χ0) is 13.3. The van der Waals surface area contributed by atoms with Crippen LogP contribution in [-0.4, -0.2) is 31.1 Å². The SMILES string of the molecule is CC1(C)CN(c2ccc(F)cc2C(=N)N)CCO1. The number of nitrogen functional groups attached to an aromatic ring is 1. The number of halogens is 1. The molecule has 0 atom stereocenters. The lowest BCUT2D eigenvalue weighted by molar-refractivity contribution is -0.0277. The van der Waals surface area contributed by atoms with Crippen LogP contribution in [-0.2, 0) is 4.74 Å². The van der Waals surface area contributed by atoms with E-state index in [2.05, 4.69) is 4.90 Å². The number of nitrogens with two attached hydrogens (primary N) is 1. The number of morpholine rings is 1. The van der Waals surface area contributed by atoms with Crippen molar-refractivity contribution in [2.45, 2.75) is 19.4 Å². The highest BCUT2D eigenvalue weighted by Crippen LogP contribution is 2.26. The predicted molar refractivity (Wildman–Crippen MR) is 69.7 cm³/mol. The van der Waals surface area contributed by atoms with Crippen molar-refractivity contribution in [2.24, 2.45) is 5.73 Å². The van der Waals surface area contributed by atoms with E-state index in [0.29, 0.717) is 18.7 Å². The largest absolute Gasteiger partial charge is 0.384 e. The molecule has 1 aliphatic rings. The number of anilines is 1.